The van der Waals surface area contributed by atoms with E-state index >= 15 is 0 Å². The van der Waals surface area contributed by atoms with Gasteiger partial charge < -0.3 is 24.8 Å². The van der Waals surface area contributed by atoms with E-state index in [0.717, 1.165) is 11.3 Å². The molecule has 4 rings (SSSR count). The minimum Gasteiger partial charge on any atom is -0.478 e. The Kier molecular flexibility index (Phi) is 6.03. The highest BCUT2D eigenvalue weighted by Crippen LogP contribution is 2.37. The maximum atomic E-state index is 12.3. The SMILES string of the molecule is CN(C(=O)OC(C)(C)C)c1nnc(Nc2cc(C(=O)O)c(N3CCOCC3)c3nonc23)s1. The molecule has 1 aliphatic heterocycles. The Morgan fingerprint density at radius 1 is 1.21 bits per heavy atom. The lowest BCUT2D eigenvalue weighted by atomic mass is 10.1. The van der Waals surface area contributed by atoms with Crippen LogP contribution in [0.25, 0.3) is 11.0 Å². The first-order chi connectivity index (χ1) is 15.6. The molecule has 0 radical (unpaired) electrons. The fourth-order valence-electron chi connectivity index (χ4n) is 3.22. The van der Waals surface area contributed by atoms with Crippen LogP contribution in [0, 0.1) is 0 Å². The molecule has 0 saturated carbocycles. The first-order valence-corrected chi connectivity index (χ1v) is 10.9. The average molecular weight is 478 g/mol. The number of carboxylic acid groups (broad SMARTS) is 1. The number of nitrogens with one attached hydrogen (secondary N) is 1. The summed E-state index contributed by atoms with van der Waals surface area (Å²) in [5.41, 5.74) is 0.809. The third-order valence-corrected chi connectivity index (χ3v) is 5.59. The van der Waals surface area contributed by atoms with Gasteiger partial charge in [-0.1, -0.05) is 11.3 Å². The number of aromatic carboxylic acids is 1. The van der Waals surface area contributed by atoms with Crippen LogP contribution in [0.2, 0.25) is 0 Å². The molecule has 0 unspecified atom stereocenters. The zero-order chi connectivity index (χ0) is 23.8. The number of anilines is 4. The second-order valence-electron chi connectivity index (χ2n) is 8.24. The molecule has 2 aromatic heterocycles. The van der Waals surface area contributed by atoms with E-state index < -0.39 is 17.7 Å². The summed E-state index contributed by atoms with van der Waals surface area (Å²) < 4.78 is 15.6. The van der Waals surface area contributed by atoms with Gasteiger partial charge in [0.05, 0.1) is 30.2 Å². The monoisotopic (exact) mass is 477 g/mol. The van der Waals surface area contributed by atoms with Crippen molar-refractivity contribution in [1.29, 1.82) is 0 Å². The number of ether oxygens (including phenoxy) is 2. The molecule has 2 N–H and O–H groups in total. The van der Waals surface area contributed by atoms with Crippen molar-refractivity contribution in [2.45, 2.75) is 26.4 Å². The Balaban J connectivity index is 1.65. The third kappa shape index (κ3) is 4.80. The highest BCUT2D eigenvalue weighted by molar-refractivity contribution is 7.19. The molecule has 33 heavy (non-hydrogen) atoms. The largest absolute Gasteiger partial charge is 0.478 e. The van der Waals surface area contributed by atoms with Crippen molar-refractivity contribution >= 4 is 56.1 Å². The van der Waals surface area contributed by atoms with Gasteiger partial charge >= 0.3 is 12.1 Å². The van der Waals surface area contributed by atoms with Crippen molar-refractivity contribution in [3.05, 3.63) is 11.6 Å². The smallest absolute Gasteiger partial charge is 0.416 e. The molecule has 3 heterocycles. The number of fused-ring (bicyclic) bond motifs is 1. The normalized spacial score (nSPS) is 14.4. The van der Waals surface area contributed by atoms with Gasteiger partial charge in [0.1, 0.15) is 5.60 Å². The third-order valence-electron chi connectivity index (χ3n) is 4.68. The minimum atomic E-state index is -1.12. The van der Waals surface area contributed by atoms with Gasteiger partial charge in [-0.3, -0.25) is 4.90 Å². The molecule has 1 aromatic carbocycles. The molecule has 1 aliphatic rings. The predicted octanol–water partition coefficient (Wildman–Crippen LogP) is 2.72. The number of nitrogens with zero attached hydrogens (tertiary/aromatic N) is 6. The summed E-state index contributed by atoms with van der Waals surface area (Å²) in [6.45, 7) is 7.30. The number of aromatic nitrogens is 4. The lowest BCUT2D eigenvalue weighted by Gasteiger charge is -2.30. The minimum absolute atomic E-state index is 0.0400. The number of carboxylic acids is 1. The van der Waals surface area contributed by atoms with Gasteiger partial charge in [-0.25, -0.2) is 14.2 Å². The van der Waals surface area contributed by atoms with E-state index in [2.05, 4.69) is 25.8 Å². The molecule has 1 amide bonds. The Morgan fingerprint density at radius 3 is 2.58 bits per heavy atom. The molecule has 176 valence electrons. The van der Waals surface area contributed by atoms with Crippen molar-refractivity contribution < 1.29 is 28.8 Å². The fraction of sp³-hybridized carbons (Fsp3) is 0.474. The van der Waals surface area contributed by atoms with E-state index in [1.165, 1.54) is 18.0 Å². The number of benzene rings is 1. The van der Waals surface area contributed by atoms with E-state index in [1.54, 1.807) is 20.8 Å². The van der Waals surface area contributed by atoms with Gasteiger partial charge in [-0.15, -0.1) is 10.2 Å². The number of rotatable bonds is 5. The van der Waals surface area contributed by atoms with E-state index in [4.69, 9.17) is 14.1 Å². The van der Waals surface area contributed by atoms with Crippen LogP contribution in [0.1, 0.15) is 31.1 Å². The molecule has 1 fully saturated rings. The molecule has 14 heteroatoms. The molecular weight excluding hydrogens is 454 g/mol. The second-order valence-corrected chi connectivity index (χ2v) is 9.20. The molecule has 3 aromatic rings. The summed E-state index contributed by atoms with van der Waals surface area (Å²) in [6.07, 6.45) is -0.573. The summed E-state index contributed by atoms with van der Waals surface area (Å²) in [4.78, 5) is 27.5. The van der Waals surface area contributed by atoms with Crippen molar-refractivity contribution in [3.8, 4) is 0 Å². The lowest BCUT2D eigenvalue weighted by Crippen LogP contribution is -2.37. The van der Waals surface area contributed by atoms with Crippen LogP contribution in [0.4, 0.5) is 26.4 Å². The summed E-state index contributed by atoms with van der Waals surface area (Å²) in [5, 5.41) is 29.5. The quantitative estimate of drug-likeness (QED) is 0.555. The zero-order valence-corrected chi connectivity index (χ0v) is 19.3. The fourth-order valence-corrected chi connectivity index (χ4v) is 3.93. The predicted molar refractivity (Wildman–Crippen MR) is 120 cm³/mol. The van der Waals surface area contributed by atoms with Gasteiger partial charge in [-0.2, -0.15) is 0 Å². The van der Waals surface area contributed by atoms with Crippen molar-refractivity contribution in [2.75, 3.05) is 48.5 Å². The Labute approximate surface area is 192 Å². The summed E-state index contributed by atoms with van der Waals surface area (Å²) >= 11 is 1.09. The lowest BCUT2D eigenvalue weighted by molar-refractivity contribution is 0.0588. The topological polar surface area (TPSA) is 156 Å². The Bertz CT molecular complexity index is 1180. The number of carbonyl (C=O) groups excluding carboxylic acids is 1. The van der Waals surface area contributed by atoms with E-state index in [1.807, 2.05) is 4.90 Å². The number of amides is 1. The van der Waals surface area contributed by atoms with Crippen LogP contribution in [-0.4, -0.2) is 76.6 Å². The highest BCUT2D eigenvalue weighted by atomic mass is 32.1. The van der Waals surface area contributed by atoms with E-state index in [9.17, 15) is 14.7 Å². The first-order valence-electron chi connectivity index (χ1n) is 10.1. The van der Waals surface area contributed by atoms with Crippen LogP contribution in [0.5, 0.6) is 0 Å². The highest BCUT2D eigenvalue weighted by Gasteiger charge is 2.27. The Hall–Kier alpha value is -3.52. The van der Waals surface area contributed by atoms with Crippen LogP contribution in [0.3, 0.4) is 0 Å². The van der Waals surface area contributed by atoms with Gasteiger partial charge in [0.15, 0.2) is 11.0 Å². The number of hydrogen-bond acceptors (Lipinski definition) is 12. The molecule has 13 nitrogen and oxygen atoms in total. The van der Waals surface area contributed by atoms with Crippen LogP contribution >= 0.6 is 11.3 Å². The molecular formula is C19H23N7O6S. The van der Waals surface area contributed by atoms with Gasteiger partial charge in [0, 0.05) is 20.1 Å². The van der Waals surface area contributed by atoms with Crippen LogP contribution in [-0.2, 0) is 9.47 Å². The Morgan fingerprint density at radius 2 is 1.91 bits per heavy atom. The summed E-state index contributed by atoms with van der Waals surface area (Å²) in [5.74, 6) is -1.12. The van der Waals surface area contributed by atoms with Gasteiger partial charge in [0.25, 0.3) is 0 Å². The molecule has 0 aliphatic carbocycles. The molecule has 0 spiro atoms. The maximum Gasteiger partial charge on any atom is 0.416 e. The van der Waals surface area contributed by atoms with Crippen LogP contribution < -0.4 is 15.1 Å². The summed E-state index contributed by atoms with van der Waals surface area (Å²) in [6, 6.07) is 1.46. The number of carbonyl (C=O) groups is 2. The van der Waals surface area contributed by atoms with Gasteiger partial charge in [0.2, 0.25) is 10.3 Å². The van der Waals surface area contributed by atoms with Crippen LogP contribution in [0.15, 0.2) is 10.7 Å². The van der Waals surface area contributed by atoms with Gasteiger partial charge in [-0.05, 0) is 37.2 Å². The average Bonchev–Trinajstić information content (AvgIpc) is 3.42. The molecule has 0 atom stereocenters. The standard InChI is InChI=1S/C19H23N7O6S/c1-19(2,3)31-18(29)25(4)17-22-21-16(33-17)20-11-9-10(15(27)28)14(13-12(11)23-32-24-13)26-5-7-30-8-6-26/h9H,5-8H2,1-4H3,(H,20,21)(H,27,28). The molecule has 1 saturated heterocycles. The second kappa shape index (κ2) is 8.78. The van der Waals surface area contributed by atoms with E-state index in [0.29, 0.717) is 59.0 Å². The zero-order valence-electron chi connectivity index (χ0n) is 18.5. The van der Waals surface area contributed by atoms with E-state index in [-0.39, 0.29) is 5.56 Å². The number of morpholine rings is 1. The van der Waals surface area contributed by atoms with Crippen molar-refractivity contribution in [3.63, 3.8) is 0 Å². The van der Waals surface area contributed by atoms with Crippen molar-refractivity contribution in [1.82, 2.24) is 20.5 Å². The number of hydrogen-bond donors (Lipinski definition) is 2. The maximum absolute atomic E-state index is 12.3. The first kappa shape index (κ1) is 22.7. The molecule has 0 bridgehead atoms. The van der Waals surface area contributed by atoms with Crippen molar-refractivity contribution in [2.24, 2.45) is 0 Å². The summed E-state index contributed by atoms with van der Waals surface area (Å²) in [7, 11) is 1.53.